The van der Waals surface area contributed by atoms with Gasteiger partial charge in [-0.05, 0) is 43.2 Å². The van der Waals surface area contributed by atoms with Crippen molar-refractivity contribution < 1.29 is 17.6 Å². The molecule has 4 nitrogen and oxygen atoms in total. The van der Waals surface area contributed by atoms with Crippen molar-refractivity contribution in [3.8, 4) is 17.1 Å². The van der Waals surface area contributed by atoms with Crippen molar-refractivity contribution >= 4 is 11.0 Å². The highest BCUT2D eigenvalue weighted by atomic mass is 19.4. The van der Waals surface area contributed by atoms with E-state index in [0.29, 0.717) is 11.4 Å². The Balaban J connectivity index is 1.87. The van der Waals surface area contributed by atoms with E-state index in [1.54, 1.807) is 24.3 Å². The first-order valence-corrected chi connectivity index (χ1v) is 8.62. The molecule has 0 bridgehead atoms. The Bertz CT molecular complexity index is 1110. The maximum absolute atomic E-state index is 13.9. The van der Waals surface area contributed by atoms with E-state index in [4.69, 9.17) is 4.42 Å². The summed E-state index contributed by atoms with van der Waals surface area (Å²) in [6, 6.07) is 13.4. The predicted octanol–water partition coefficient (Wildman–Crippen LogP) is 5.58. The maximum atomic E-state index is 13.9. The van der Waals surface area contributed by atoms with Crippen LogP contribution in [0.3, 0.4) is 0 Å². The molecule has 27 heavy (non-hydrogen) atoms. The van der Waals surface area contributed by atoms with Gasteiger partial charge in [0.05, 0.1) is 28.6 Å². The number of rotatable bonds is 3. The molecule has 1 fully saturated rings. The van der Waals surface area contributed by atoms with E-state index in [1.807, 2.05) is 18.2 Å². The van der Waals surface area contributed by atoms with Crippen LogP contribution in [0.1, 0.15) is 30.0 Å². The van der Waals surface area contributed by atoms with Crippen molar-refractivity contribution in [1.82, 2.24) is 14.8 Å². The standard InChI is InChI=1S/C20H14F3N3O/c21-20(22,23)14-11-15(16-7-4-10-27-16)24-19-17(14)18(12-8-9-12)25-26(19)13-5-2-1-3-6-13/h1-7,10-12H,8-9H2. The summed E-state index contributed by atoms with van der Waals surface area (Å²) >= 11 is 0. The number of pyridine rings is 1. The lowest BCUT2D eigenvalue weighted by Crippen LogP contribution is -2.08. The third-order valence-corrected chi connectivity index (χ3v) is 4.71. The lowest BCUT2D eigenvalue weighted by molar-refractivity contribution is -0.136. The van der Waals surface area contributed by atoms with Gasteiger partial charge >= 0.3 is 6.18 Å². The summed E-state index contributed by atoms with van der Waals surface area (Å²) in [7, 11) is 0. The second kappa shape index (κ2) is 5.70. The average molecular weight is 369 g/mol. The molecule has 4 aromatic rings. The number of fused-ring (bicyclic) bond motifs is 1. The Morgan fingerprint density at radius 3 is 2.44 bits per heavy atom. The summed E-state index contributed by atoms with van der Waals surface area (Å²) in [4.78, 5) is 4.51. The predicted molar refractivity (Wildman–Crippen MR) is 93.5 cm³/mol. The summed E-state index contributed by atoms with van der Waals surface area (Å²) in [5.74, 6) is 0.339. The first-order valence-electron chi connectivity index (χ1n) is 8.62. The van der Waals surface area contributed by atoms with Gasteiger partial charge in [0.2, 0.25) is 0 Å². The van der Waals surface area contributed by atoms with Gasteiger partial charge in [-0.2, -0.15) is 18.3 Å². The van der Waals surface area contributed by atoms with Crippen molar-refractivity contribution in [3.05, 3.63) is 66.1 Å². The van der Waals surface area contributed by atoms with Crippen LogP contribution < -0.4 is 0 Å². The molecule has 5 rings (SSSR count). The fraction of sp³-hybridized carbons (Fsp3) is 0.200. The number of hydrogen-bond donors (Lipinski definition) is 0. The van der Waals surface area contributed by atoms with E-state index < -0.39 is 11.7 Å². The normalized spacial score (nSPS) is 14.8. The van der Waals surface area contributed by atoms with E-state index in [9.17, 15) is 13.2 Å². The molecule has 3 aromatic heterocycles. The van der Waals surface area contributed by atoms with Crippen LogP contribution in [-0.4, -0.2) is 14.8 Å². The van der Waals surface area contributed by atoms with E-state index in [1.165, 1.54) is 10.9 Å². The molecular weight excluding hydrogens is 355 g/mol. The van der Waals surface area contributed by atoms with Gasteiger partial charge < -0.3 is 4.42 Å². The van der Waals surface area contributed by atoms with Crippen molar-refractivity contribution in [2.45, 2.75) is 24.9 Å². The molecule has 136 valence electrons. The third-order valence-electron chi connectivity index (χ3n) is 4.71. The molecule has 1 aliphatic carbocycles. The number of furan rings is 1. The van der Waals surface area contributed by atoms with Crippen molar-refractivity contribution in [2.75, 3.05) is 0 Å². The summed E-state index contributed by atoms with van der Waals surface area (Å²) in [6.45, 7) is 0. The summed E-state index contributed by atoms with van der Waals surface area (Å²) in [5, 5.41) is 4.63. The summed E-state index contributed by atoms with van der Waals surface area (Å²) in [5.41, 5.74) is 0.762. The number of aromatic nitrogens is 3. The molecule has 0 unspecified atom stereocenters. The molecule has 0 N–H and O–H groups in total. The van der Waals surface area contributed by atoms with Crippen LogP contribution in [0.15, 0.2) is 59.2 Å². The largest absolute Gasteiger partial charge is 0.463 e. The van der Waals surface area contributed by atoms with Crippen LogP contribution in [-0.2, 0) is 6.18 Å². The molecule has 0 spiro atoms. The lowest BCUT2D eigenvalue weighted by atomic mass is 10.1. The van der Waals surface area contributed by atoms with Crippen molar-refractivity contribution in [1.29, 1.82) is 0 Å². The minimum atomic E-state index is -4.52. The topological polar surface area (TPSA) is 43.9 Å². The van der Waals surface area contributed by atoms with Crippen LogP contribution >= 0.6 is 0 Å². The monoisotopic (exact) mass is 369 g/mol. The minimum Gasteiger partial charge on any atom is -0.463 e. The number of hydrogen-bond acceptors (Lipinski definition) is 3. The van der Waals surface area contributed by atoms with Gasteiger partial charge in [-0.15, -0.1) is 0 Å². The Morgan fingerprint density at radius 1 is 1.04 bits per heavy atom. The van der Waals surface area contributed by atoms with Gasteiger partial charge in [0.15, 0.2) is 11.4 Å². The number of nitrogens with zero attached hydrogens (tertiary/aromatic N) is 3. The van der Waals surface area contributed by atoms with Crippen LogP contribution in [0.4, 0.5) is 13.2 Å². The number of benzene rings is 1. The highest BCUT2D eigenvalue weighted by Gasteiger charge is 2.39. The SMILES string of the molecule is FC(F)(F)c1cc(-c2ccco2)nc2c1c(C1CC1)nn2-c1ccccc1. The summed E-state index contributed by atoms with van der Waals surface area (Å²) < 4.78 is 48.6. The first-order chi connectivity index (χ1) is 13.0. The van der Waals surface area contributed by atoms with Crippen LogP contribution in [0, 0.1) is 0 Å². The van der Waals surface area contributed by atoms with E-state index in [0.717, 1.165) is 18.9 Å². The second-order valence-corrected chi connectivity index (χ2v) is 6.64. The van der Waals surface area contributed by atoms with Crippen molar-refractivity contribution in [3.63, 3.8) is 0 Å². The third kappa shape index (κ3) is 2.70. The van der Waals surface area contributed by atoms with Gasteiger partial charge in [-0.25, -0.2) is 9.67 Å². The molecule has 1 saturated carbocycles. The molecule has 0 radical (unpaired) electrons. The molecule has 0 amide bonds. The molecule has 1 aromatic carbocycles. The van der Waals surface area contributed by atoms with E-state index >= 15 is 0 Å². The average Bonchev–Trinajstić information content (AvgIpc) is 3.21. The Morgan fingerprint density at radius 2 is 1.81 bits per heavy atom. The zero-order valence-corrected chi connectivity index (χ0v) is 14.1. The minimum absolute atomic E-state index is 0.0508. The highest BCUT2D eigenvalue weighted by Crippen LogP contribution is 2.46. The molecule has 0 aliphatic heterocycles. The van der Waals surface area contributed by atoms with Gasteiger partial charge in [0, 0.05) is 5.92 Å². The molecule has 0 saturated heterocycles. The van der Waals surface area contributed by atoms with Crippen LogP contribution in [0.25, 0.3) is 28.2 Å². The zero-order chi connectivity index (χ0) is 18.6. The zero-order valence-electron chi connectivity index (χ0n) is 14.1. The molecule has 3 heterocycles. The lowest BCUT2D eigenvalue weighted by Gasteiger charge is -2.11. The first kappa shape index (κ1) is 16.1. The molecule has 0 atom stereocenters. The smallest absolute Gasteiger partial charge is 0.417 e. The second-order valence-electron chi connectivity index (χ2n) is 6.64. The maximum Gasteiger partial charge on any atom is 0.417 e. The Labute approximate surface area is 152 Å². The van der Waals surface area contributed by atoms with Crippen molar-refractivity contribution in [2.24, 2.45) is 0 Å². The molecule has 7 heteroatoms. The van der Waals surface area contributed by atoms with Gasteiger partial charge in [0.1, 0.15) is 5.69 Å². The van der Waals surface area contributed by atoms with Gasteiger partial charge in [0.25, 0.3) is 0 Å². The molecule has 1 aliphatic rings. The Hall–Kier alpha value is -3.09. The molecular formula is C20H14F3N3O. The quantitative estimate of drug-likeness (QED) is 0.474. The van der Waals surface area contributed by atoms with E-state index in [2.05, 4.69) is 10.1 Å². The van der Waals surface area contributed by atoms with Gasteiger partial charge in [-0.3, -0.25) is 0 Å². The van der Waals surface area contributed by atoms with E-state index in [-0.39, 0.29) is 28.4 Å². The fourth-order valence-corrected chi connectivity index (χ4v) is 3.31. The number of para-hydroxylation sites is 1. The number of alkyl halides is 3. The number of halogens is 3. The fourth-order valence-electron chi connectivity index (χ4n) is 3.31. The summed E-state index contributed by atoms with van der Waals surface area (Å²) in [6.07, 6.45) is -1.41. The highest BCUT2D eigenvalue weighted by molar-refractivity contribution is 5.87. The van der Waals surface area contributed by atoms with Crippen LogP contribution in [0.5, 0.6) is 0 Å². The van der Waals surface area contributed by atoms with Crippen LogP contribution in [0.2, 0.25) is 0 Å². The van der Waals surface area contributed by atoms with Gasteiger partial charge in [-0.1, -0.05) is 18.2 Å². The Kier molecular flexibility index (Phi) is 3.40.